The van der Waals surface area contributed by atoms with Crippen LogP contribution in [0.3, 0.4) is 0 Å². The molecule has 0 saturated heterocycles. The van der Waals surface area contributed by atoms with Gasteiger partial charge in [0.2, 0.25) is 0 Å². The molecule has 1 aromatic heterocycles. The van der Waals surface area contributed by atoms with Crippen molar-refractivity contribution >= 4 is 94.4 Å². The normalized spacial score (nSPS) is 12.7. The number of hydrogen-bond donors (Lipinski definition) is 1. The van der Waals surface area contributed by atoms with Crippen LogP contribution in [0.2, 0.25) is 0 Å². The first-order chi connectivity index (χ1) is 10.9. The predicted octanol–water partition coefficient (Wildman–Crippen LogP) is 4.30. The molecule has 2 rings (SSSR count). The number of thioether (sulfide) groups is 1. The van der Waals surface area contributed by atoms with Gasteiger partial charge in [0.15, 0.2) is 0 Å². The minimum absolute atomic E-state index is 0. The summed E-state index contributed by atoms with van der Waals surface area (Å²) in [5.41, 5.74) is 1.89. The molecule has 0 aliphatic carbocycles. The molecule has 25 heavy (non-hydrogen) atoms. The Morgan fingerprint density at radius 3 is 2.52 bits per heavy atom. The van der Waals surface area contributed by atoms with Gasteiger partial charge in [-0.2, -0.15) is 20.5 Å². The third-order valence-electron chi connectivity index (χ3n) is 2.72. The van der Waals surface area contributed by atoms with E-state index in [0.717, 1.165) is 17.0 Å². The number of alkyl halides is 2. The van der Waals surface area contributed by atoms with Gasteiger partial charge in [0.25, 0.3) is 0 Å². The molecule has 126 valence electrons. The van der Waals surface area contributed by atoms with Gasteiger partial charge in [0.1, 0.15) is 5.75 Å². The van der Waals surface area contributed by atoms with Crippen molar-refractivity contribution in [2.24, 2.45) is 0 Å². The van der Waals surface area contributed by atoms with E-state index in [1.165, 1.54) is 6.07 Å². The number of hydrogen-bond acceptors (Lipinski definition) is 4. The van der Waals surface area contributed by atoms with Gasteiger partial charge in [-0.05, 0) is 45.8 Å². The molecule has 1 atom stereocenters. The van der Waals surface area contributed by atoms with Gasteiger partial charge in [0.05, 0.1) is 10.2 Å². The van der Waals surface area contributed by atoms with Crippen LogP contribution in [-0.2, 0) is 16.1 Å². The van der Waals surface area contributed by atoms with E-state index in [9.17, 15) is 13.3 Å². The van der Waals surface area contributed by atoms with Crippen LogP contribution in [0.5, 0.6) is 5.75 Å². The molecule has 1 unspecified atom stereocenters. The second kappa shape index (κ2) is 12.5. The first-order valence-corrected chi connectivity index (χ1v) is 10.0. The van der Waals surface area contributed by atoms with Crippen molar-refractivity contribution in [3.63, 3.8) is 0 Å². The van der Waals surface area contributed by atoms with Gasteiger partial charge < -0.3 is 9.42 Å². The number of rotatable bonds is 7. The van der Waals surface area contributed by atoms with Gasteiger partial charge in [-0.15, -0.1) is 0 Å². The molecule has 1 N–H and O–H groups in total. The SMILES string of the molecule is O=P(O)(Oc1ccc(CSCc2ccccn2)cc1Br)C(F)F.[Na].[Na]. The van der Waals surface area contributed by atoms with Crippen molar-refractivity contribution in [1.82, 2.24) is 4.98 Å². The molecule has 0 amide bonds. The molecule has 0 fully saturated rings. The van der Waals surface area contributed by atoms with Gasteiger partial charge in [-0.3, -0.25) is 4.98 Å². The molecule has 11 heteroatoms. The van der Waals surface area contributed by atoms with E-state index in [0.29, 0.717) is 10.2 Å². The summed E-state index contributed by atoms with van der Waals surface area (Å²) >= 11 is 4.81. The summed E-state index contributed by atoms with van der Waals surface area (Å²) in [6.07, 6.45) is -1.71. The van der Waals surface area contributed by atoms with E-state index >= 15 is 0 Å². The molecule has 2 aromatic rings. The average molecular weight is 470 g/mol. The fourth-order valence-electron chi connectivity index (χ4n) is 1.65. The molecule has 0 saturated carbocycles. The van der Waals surface area contributed by atoms with Crippen LogP contribution < -0.4 is 4.52 Å². The van der Waals surface area contributed by atoms with Crippen molar-refractivity contribution in [3.05, 3.63) is 58.3 Å². The summed E-state index contributed by atoms with van der Waals surface area (Å²) < 4.78 is 40.8. The summed E-state index contributed by atoms with van der Waals surface area (Å²) in [5, 5.41) is 0. The van der Waals surface area contributed by atoms with E-state index in [-0.39, 0.29) is 64.9 Å². The maximum atomic E-state index is 12.4. The van der Waals surface area contributed by atoms with Gasteiger partial charge >= 0.3 is 13.8 Å². The van der Waals surface area contributed by atoms with Crippen LogP contribution in [0.1, 0.15) is 11.3 Å². The van der Waals surface area contributed by atoms with Crippen LogP contribution in [0.25, 0.3) is 0 Å². The molecule has 1 heterocycles. The summed E-state index contributed by atoms with van der Waals surface area (Å²) in [4.78, 5) is 13.3. The minimum atomic E-state index is -4.97. The van der Waals surface area contributed by atoms with E-state index < -0.39 is 13.8 Å². The topological polar surface area (TPSA) is 59.4 Å². The summed E-state index contributed by atoms with van der Waals surface area (Å²) in [7, 11) is -4.97. The van der Waals surface area contributed by atoms with E-state index in [2.05, 4.69) is 25.4 Å². The fourth-order valence-corrected chi connectivity index (χ4v) is 3.70. The van der Waals surface area contributed by atoms with Crippen molar-refractivity contribution in [3.8, 4) is 5.75 Å². The van der Waals surface area contributed by atoms with E-state index in [1.54, 1.807) is 30.1 Å². The van der Waals surface area contributed by atoms with Crippen LogP contribution in [0, 0.1) is 0 Å². The number of benzene rings is 1. The third kappa shape index (κ3) is 8.73. The first-order valence-electron chi connectivity index (χ1n) is 6.45. The monoisotopic (exact) mass is 469 g/mol. The Labute approximate surface area is 201 Å². The number of nitrogens with zero attached hydrogens (tertiary/aromatic N) is 1. The maximum Gasteiger partial charge on any atom is 0.442 e. The quantitative estimate of drug-likeness (QED) is 0.483. The Bertz CT molecular complexity index is 716. The Balaban J connectivity index is 0.00000288. The molecule has 0 spiro atoms. The van der Waals surface area contributed by atoms with Crippen molar-refractivity contribution in [2.75, 3.05) is 0 Å². The van der Waals surface area contributed by atoms with Gasteiger partial charge in [-0.25, -0.2) is 4.57 Å². The van der Waals surface area contributed by atoms with Crippen molar-refractivity contribution in [2.45, 2.75) is 17.7 Å². The standard InChI is InChI=1S/C14H13BrF2NO3PS.2Na/c15-12-7-10(8-23-9-11-3-1-2-6-18-11)4-5-13(12)21-22(19,20)14(16)17;;/h1-7,14H,8-9H2,(H,19,20);;. The van der Waals surface area contributed by atoms with Crippen molar-refractivity contribution < 1.29 is 22.8 Å². The third-order valence-corrected chi connectivity index (χ3v) is 5.33. The largest absolute Gasteiger partial charge is 0.442 e. The fraction of sp³-hybridized carbons (Fsp3) is 0.214. The molecular weight excluding hydrogens is 457 g/mol. The second-order valence-electron chi connectivity index (χ2n) is 4.51. The molecule has 2 radical (unpaired) electrons. The van der Waals surface area contributed by atoms with Gasteiger partial charge in [0, 0.05) is 76.8 Å². The predicted molar refractivity (Wildman–Crippen MR) is 101 cm³/mol. The Morgan fingerprint density at radius 1 is 1.24 bits per heavy atom. The number of pyridine rings is 1. The smallest absolute Gasteiger partial charge is 0.420 e. The zero-order chi connectivity index (χ0) is 16.9. The maximum absolute atomic E-state index is 12.4. The zero-order valence-corrected chi connectivity index (χ0v) is 21.0. The molecule has 1 aromatic carbocycles. The molecule has 0 aliphatic heterocycles. The van der Waals surface area contributed by atoms with Crippen molar-refractivity contribution in [1.29, 1.82) is 0 Å². The Hall–Kier alpha value is 1.05. The van der Waals surface area contributed by atoms with Crippen LogP contribution in [0.15, 0.2) is 47.1 Å². The summed E-state index contributed by atoms with van der Waals surface area (Å²) in [5.74, 6) is 1.34. The van der Waals surface area contributed by atoms with Gasteiger partial charge in [-0.1, -0.05) is 12.1 Å². The molecule has 0 aliphatic rings. The van der Waals surface area contributed by atoms with E-state index in [4.69, 9.17) is 4.89 Å². The molecule has 0 bridgehead atoms. The Morgan fingerprint density at radius 2 is 1.96 bits per heavy atom. The molecule has 4 nitrogen and oxygen atoms in total. The minimum Gasteiger partial charge on any atom is -0.420 e. The van der Waals surface area contributed by atoms with Crippen LogP contribution >= 0.6 is 35.3 Å². The van der Waals surface area contributed by atoms with E-state index in [1.807, 2.05) is 18.2 Å². The summed E-state index contributed by atoms with van der Waals surface area (Å²) in [6.45, 7) is 0. The molecular formula is C14H13BrF2NNa2O3PS. The second-order valence-corrected chi connectivity index (χ2v) is 8.05. The zero-order valence-electron chi connectivity index (χ0n) is 13.7. The number of halogens is 3. The number of aromatic nitrogens is 1. The summed E-state index contributed by atoms with van der Waals surface area (Å²) in [6, 6.07) is 10.4. The first kappa shape index (κ1) is 26.1. The van der Waals surface area contributed by atoms with Crippen LogP contribution in [-0.4, -0.2) is 75.2 Å². The van der Waals surface area contributed by atoms with Crippen LogP contribution in [0.4, 0.5) is 8.78 Å². The Kier molecular flexibility index (Phi) is 13.0. The average Bonchev–Trinajstić information content (AvgIpc) is 2.51.